The van der Waals surface area contributed by atoms with Crippen molar-refractivity contribution in [1.82, 2.24) is 0 Å². The second kappa shape index (κ2) is 6.72. The van der Waals surface area contributed by atoms with Gasteiger partial charge in [-0.05, 0) is 69.8 Å². The molecule has 1 nitrogen and oxygen atoms in total. The number of allylic oxidation sites excluding steroid dienone is 1. The number of hydrogen-bond donors (Lipinski definition) is 1. The van der Waals surface area contributed by atoms with E-state index in [1.54, 1.807) is 0 Å². The molecule has 0 saturated carbocycles. The highest BCUT2D eigenvalue weighted by molar-refractivity contribution is 7.12. The summed E-state index contributed by atoms with van der Waals surface area (Å²) in [4.78, 5) is 2.73. The zero-order valence-corrected chi connectivity index (χ0v) is 16.7. The van der Waals surface area contributed by atoms with Gasteiger partial charge >= 0.3 is 0 Å². The van der Waals surface area contributed by atoms with Crippen LogP contribution in [0, 0.1) is 25.2 Å². The van der Waals surface area contributed by atoms with Gasteiger partial charge in [0.25, 0.3) is 0 Å². The Hall–Kier alpha value is -0.600. The molecule has 2 atom stereocenters. The molecular formula is C21H34OS. The lowest BCUT2D eigenvalue weighted by atomic mass is 9.56. The minimum Gasteiger partial charge on any atom is -0.384 e. The first-order valence-electron chi connectivity index (χ1n) is 9.11. The van der Waals surface area contributed by atoms with Crippen molar-refractivity contribution in [2.75, 3.05) is 0 Å². The predicted molar refractivity (Wildman–Crippen MR) is 102 cm³/mol. The third kappa shape index (κ3) is 3.17. The Morgan fingerprint density at radius 2 is 1.91 bits per heavy atom. The van der Waals surface area contributed by atoms with Crippen molar-refractivity contribution < 1.29 is 5.11 Å². The molecule has 1 aromatic rings. The monoisotopic (exact) mass is 334 g/mol. The fraction of sp³-hybridized carbons (Fsp3) is 0.714. The van der Waals surface area contributed by atoms with Gasteiger partial charge in [0.05, 0.1) is 5.60 Å². The van der Waals surface area contributed by atoms with Crippen LogP contribution in [-0.4, -0.2) is 5.11 Å². The second-order valence-corrected chi connectivity index (χ2v) is 9.63. The molecule has 1 heterocycles. The van der Waals surface area contributed by atoms with Gasteiger partial charge in [0.15, 0.2) is 0 Å². The Bertz CT molecular complexity index is 581. The fourth-order valence-electron chi connectivity index (χ4n) is 4.58. The van der Waals surface area contributed by atoms with Gasteiger partial charge in [0.1, 0.15) is 0 Å². The smallest absolute Gasteiger partial charge is 0.0988 e. The van der Waals surface area contributed by atoms with E-state index in [0.29, 0.717) is 5.92 Å². The van der Waals surface area contributed by atoms with E-state index < -0.39 is 5.60 Å². The number of rotatable bonds is 6. The van der Waals surface area contributed by atoms with Crippen LogP contribution in [0.3, 0.4) is 0 Å². The van der Waals surface area contributed by atoms with E-state index in [4.69, 9.17) is 0 Å². The van der Waals surface area contributed by atoms with Crippen molar-refractivity contribution in [2.24, 2.45) is 11.3 Å². The Labute approximate surface area is 146 Å². The zero-order valence-electron chi connectivity index (χ0n) is 15.9. The molecule has 0 fully saturated rings. The van der Waals surface area contributed by atoms with Crippen LogP contribution in [0.25, 0.3) is 0 Å². The molecule has 1 aliphatic carbocycles. The quantitative estimate of drug-likeness (QED) is 0.605. The third-order valence-corrected chi connectivity index (χ3v) is 7.01. The van der Waals surface area contributed by atoms with Gasteiger partial charge in [-0.1, -0.05) is 32.8 Å². The van der Waals surface area contributed by atoms with Crippen molar-refractivity contribution >= 4 is 11.3 Å². The summed E-state index contributed by atoms with van der Waals surface area (Å²) < 4.78 is 0. The molecular weight excluding hydrogens is 300 g/mol. The minimum atomic E-state index is -0.707. The summed E-state index contributed by atoms with van der Waals surface area (Å²) in [5, 5.41) is 12.1. The summed E-state index contributed by atoms with van der Waals surface area (Å²) in [6.45, 7) is 17.4. The molecule has 2 rings (SSSR count). The Morgan fingerprint density at radius 3 is 2.48 bits per heavy atom. The van der Waals surface area contributed by atoms with E-state index in [1.165, 1.54) is 26.5 Å². The van der Waals surface area contributed by atoms with Gasteiger partial charge in [-0.25, -0.2) is 0 Å². The Kier molecular flexibility index (Phi) is 5.48. The molecule has 23 heavy (non-hydrogen) atoms. The summed E-state index contributed by atoms with van der Waals surface area (Å²) in [6, 6.07) is 0. The highest BCUT2D eigenvalue weighted by Gasteiger charge is 2.54. The van der Waals surface area contributed by atoms with Crippen molar-refractivity contribution in [3.05, 3.63) is 33.0 Å². The van der Waals surface area contributed by atoms with Crippen LogP contribution in [0.5, 0.6) is 0 Å². The van der Waals surface area contributed by atoms with Crippen LogP contribution in [-0.2, 0) is 12.0 Å². The number of hydrogen-bond acceptors (Lipinski definition) is 2. The van der Waals surface area contributed by atoms with E-state index in [9.17, 15) is 5.11 Å². The van der Waals surface area contributed by atoms with Crippen LogP contribution in [0.1, 0.15) is 80.7 Å². The summed E-state index contributed by atoms with van der Waals surface area (Å²) in [7, 11) is 0. The maximum absolute atomic E-state index is 12.1. The molecule has 130 valence electrons. The molecule has 2 unspecified atom stereocenters. The van der Waals surface area contributed by atoms with Crippen LogP contribution in [0.15, 0.2) is 12.2 Å². The van der Waals surface area contributed by atoms with Gasteiger partial charge < -0.3 is 5.11 Å². The normalized spacial score (nSPS) is 24.3. The van der Waals surface area contributed by atoms with E-state index in [2.05, 4.69) is 48.1 Å². The molecule has 0 spiro atoms. The first-order valence-corrected chi connectivity index (χ1v) is 9.92. The van der Waals surface area contributed by atoms with Crippen molar-refractivity contribution in [1.29, 1.82) is 0 Å². The van der Waals surface area contributed by atoms with Crippen LogP contribution in [0.4, 0.5) is 0 Å². The highest BCUT2D eigenvalue weighted by Crippen LogP contribution is 2.57. The summed E-state index contributed by atoms with van der Waals surface area (Å²) in [6.07, 6.45) is 6.44. The Morgan fingerprint density at radius 1 is 1.26 bits per heavy atom. The average Bonchev–Trinajstić information content (AvgIpc) is 2.74. The van der Waals surface area contributed by atoms with Gasteiger partial charge in [0, 0.05) is 15.3 Å². The highest BCUT2D eigenvalue weighted by atomic mass is 32.1. The lowest BCUT2D eigenvalue weighted by molar-refractivity contribution is -0.135. The van der Waals surface area contributed by atoms with Crippen LogP contribution in [0.2, 0.25) is 0 Å². The molecule has 1 N–H and O–H groups in total. The van der Waals surface area contributed by atoms with E-state index in [0.717, 1.165) is 38.5 Å². The predicted octanol–water partition coefficient (Wildman–Crippen LogP) is 6.30. The van der Waals surface area contributed by atoms with Crippen molar-refractivity contribution in [3.63, 3.8) is 0 Å². The van der Waals surface area contributed by atoms with E-state index >= 15 is 0 Å². The molecule has 0 aliphatic heterocycles. The summed E-state index contributed by atoms with van der Waals surface area (Å²) in [5.74, 6) is 0.311. The number of fused-ring (bicyclic) bond motifs is 1. The van der Waals surface area contributed by atoms with Gasteiger partial charge in [-0.3, -0.25) is 0 Å². The van der Waals surface area contributed by atoms with E-state index in [1.807, 2.05) is 11.3 Å². The molecule has 0 bridgehead atoms. The average molecular weight is 335 g/mol. The second-order valence-electron chi connectivity index (χ2n) is 8.20. The topological polar surface area (TPSA) is 20.2 Å². The third-order valence-electron chi connectivity index (χ3n) is 5.95. The summed E-state index contributed by atoms with van der Waals surface area (Å²) in [5.41, 5.74) is 3.15. The Balaban J connectivity index is 2.55. The van der Waals surface area contributed by atoms with Crippen molar-refractivity contribution in [3.8, 4) is 0 Å². The largest absolute Gasteiger partial charge is 0.384 e. The number of thiophene rings is 1. The molecule has 0 amide bonds. The maximum Gasteiger partial charge on any atom is 0.0988 e. The lowest BCUT2D eigenvalue weighted by Crippen LogP contribution is -2.51. The minimum absolute atomic E-state index is 0.0762. The fourth-order valence-corrected chi connectivity index (χ4v) is 5.75. The van der Waals surface area contributed by atoms with Gasteiger partial charge in [-0.2, -0.15) is 0 Å². The molecule has 2 heteroatoms. The standard InChI is InChI=1S/C21H34OS/c1-8-9-17(11-10-14(2)3)21(22)19-16(5)23-15(4)18(19)12-13-20(21,6)7/h17,22H,2,8-13H2,1,3-7H3. The van der Waals surface area contributed by atoms with E-state index in [-0.39, 0.29) is 5.41 Å². The summed E-state index contributed by atoms with van der Waals surface area (Å²) >= 11 is 1.87. The molecule has 1 aliphatic rings. The molecule has 0 aromatic carbocycles. The van der Waals surface area contributed by atoms with Gasteiger partial charge in [0.2, 0.25) is 0 Å². The molecule has 0 saturated heterocycles. The molecule has 0 radical (unpaired) electrons. The number of aliphatic hydroxyl groups is 1. The SMILES string of the molecule is C=C(C)CCC(CCC)C1(O)c2c(C)sc(C)c2CCC1(C)C. The first-order chi connectivity index (χ1) is 10.6. The first kappa shape index (κ1) is 18.7. The maximum atomic E-state index is 12.1. The molecule has 1 aromatic heterocycles. The van der Waals surface area contributed by atoms with Gasteiger partial charge in [-0.15, -0.1) is 17.9 Å². The van der Waals surface area contributed by atoms with Crippen LogP contribution >= 0.6 is 11.3 Å². The lowest BCUT2D eigenvalue weighted by Gasteiger charge is -2.52. The van der Waals surface area contributed by atoms with Crippen LogP contribution < -0.4 is 0 Å². The number of aryl methyl sites for hydroxylation is 2. The zero-order chi connectivity index (χ0) is 17.4. The van der Waals surface area contributed by atoms with Crippen molar-refractivity contribution in [2.45, 2.75) is 85.7 Å².